The molecule has 90 valence electrons. The first-order valence-corrected chi connectivity index (χ1v) is 5.84. The van der Waals surface area contributed by atoms with E-state index in [0.29, 0.717) is 18.8 Å². The zero-order valence-electron chi connectivity index (χ0n) is 9.94. The van der Waals surface area contributed by atoms with Gasteiger partial charge in [0, 0.05) is 18.5 Å². The van der Waals surface area contributed by atoms with E-state index in [2.05, 4.69) is 12.2 Å². The van der Waals surface area contributed by atoms with Crippen LogP contribution in [0.25, 0.3) is 0 Å². The Morgan fingerprint density at radius 3 is 2.53 bits per heavy atom. The summed E-state index contributed by atoms with van der Waals surface area (Å²) in [6.45, 7) is 3.38. The number of aromatic hydroxyl groups is 1. The third-order valence-electron chi connectivity index (χ3n) is 2.67. The zero-order valence-corrected chi connectivity index (χ0v) is 9.94. The van der Waals surface area contributed by atoms with Crippen LogP contribution in [-0.2, 0) is 19.5 Å². The molecule has 0 unspecified atom stereocenters. The summed E-state index contributed by atoms with van der Waals surface area (Å²) in [6, 6.07) is 11.3. The van der Waals surface area contributed by atoms with Crippen LogP contribution in [0.4, 0.5) is 0 Å². The SMILES string of the molecule is CCc1ccc(CNCc2ccccc2O)o1. The molecule has 0 aliphatic rings. The van der Waals surface area contributed by atoms with E-state index in [4.69, 9.17) is 4.42 Å². The lowest BCUT2D eigenvalue weighted by Gasteiger charge is -2.05. The summed E-state index contributed by atoms with van der Waals surface area (Å²) in [7, 11) is 0. The molecule has 0 fully saturated rings. The van der Waals surface area contributed by atoms with Crippen LogP contribution in [0, 0.1) is 0 Å². The lowest BCUT2D eigenvalue weighted by atomic mass is 10.2. The Morgan fingerprint density at radius 2 is 1.82 bits per heavy atom. The van der Waals surface area contributed by atoms with Crippen molar-refractivity contribution >= 4 is 0 Å². The number of rotatable bonds is 5. The Bertz CT molecular complexity index is 477. The van der Waals surface area contributed by atoms with E-state index in [1.165, 1.54) is 0 Å². The molecule has 0 amide bonds. The van der Waals surface area contributed by atoms with Crippen LogP contribution in [0.3, 0.4) is 0 Å². The minimum atomic E-state index is 0.327. The standard InChI is InChI=1S/C14H17NO2/c1-2-12-7-8-13(17-12)10-15-9-11-5-3-4-6-14(11)16/h3-8,15-16H,2,9-10H2,1H3. The molecule has 0 atom stereocenters. The van der Waals surface area contributed by atoms with Crippen molar-refractivity contribution in [2.24, 2.45) is 0 Å². The van der Waals surface area contributed by atoms with Crippen molar-refractivity contribution < 1.29 is 9.52 Å². The highest BCUT2D eigenvalue weighted by Crippen LogP contribution is 2.15. The summed E-state index contributed by atoms with van der Waals surface area (Å²) in [5, 5.41) is 12.8. The first kappa shape index (κ1) is 11.7. The van der Waals surface area contributed by atoms with E-state index in [1.54, 1.807) is 6.07 Å². The molecule has 1 heterocycles. The fraction of sp³-hybridized carbons (Fsp3) is 0.286. The van der Waals surface area contributed by atoms with Crippen LogP contribution in [0.2, 0.25) is 0 Å². The second-order valence-electron chi connectivity index (χ2n) is 3.95. The predicted molar refractivity (Wildman–Crippen MR) is 66.7 cm³/mol. The summed E-state index contributed by atoms with van der Waals surface area (Å²) < 4.78 is 5.58. The van der Waals surface area contributed by atoms with Gasteiger partial charge < -0.3 is 14.8 Å². The molecule has 2 aromatic rings. The molecule has 0 aliphatic heterocycles. The maximum Gasteiger partial charge on any atom is 0.120 e. The highest BCUT2D eigenvalue weighted by Gasteiger charge is 2.02. The lowest BCUT2D eigenvalue weighted by molar-refractivity contribution is 0.442. The number of benzene rings is 1. The number of furan rings is 1. The van der Waals surface area contributed by atoms with Crippen molar-refractivity contribution in [2.45, 2.75) is 26.4 Å². The van der Waals surface area contributed by atoms with Crippen LogP contribution in [-0.4, -0.2) is 5.11 Å². The molecule has 2 rings (SSSR count). The molecule has 0 saturated carbocycles. The molecule has 0 aliphatic carbocycles. The Kier molecular flexibility index (Phi) is 3.83. The number of phenols is 1. The minimum Gasteiger partial charge on any atom is -0.508 e. The number of para-hydroxylation sites is 1. The van der Waals surface area contributed by atoms with Gasteiger partial charge in [-0.1, -0.05) is 25.1 Å². The highest BCUT2D eigenvalue weighted by molar-refractivity contribution is 5.31. The fourth-order valence-electron chi connectivity index (χ4n) is 1.69. The maximum atomic E-state index is 9.59. The largest absolute Gasteiger partial charge is 0.508 e. The van der Waals surface area contributed by atoms with Crippen molar-refractivity contribution in [3.8, 4) is 5.75 Å². The third-order valence-corrected chi connectivity index (χ3v) is 2.67. The van der Waals surface area contributed by atoms with Gasteiger partial charge >= 0.3 is 0 Å². The zero-order chi connectivity index (χ0) is 12.1. The van der Waals surface area contributed by atoms with E-state index >= 15 is 0 Å². The first-order valence-electron chi connectivity index (χ1n) is 5.84. The van der Waals surface area contributed by atoms with Crippen LogP contribution in [0.1, 0.15) is 24.0 Å². The van der Waals surface area contributed by atoms with Gasteiger partial charge in [-0.2, -0.15) is 0 Å². The van der Waals surface area contributed by atoms with Crippen molar-refractivity contribution in [2.75, 3.05) is 0 Å². The predicted octanol–water partition coefficient (Wildman–Crippen LogP) is 2.84. The molecular weight excluding hydrogens is 214 g/mol. The van der Waals surface area contributed by atoms with Gasteiger partial charge in [0.2, 0.25) is 0 Å². The van der Waals surface area contributed by atoms with Gasteiger partial charge in [0.15, 0.2) is 0 Å². The number of aryl methyl sites for hydroxylation is 1. The van der Waals surface area contributed by atoms with E-state index in [0.717, 1.165) is 23.5 Å². The normalized spacial score (nSPS) is 10.6. The van der Waals surface area contributed by atoms with Crippen LogP contribution in [0.5, 0.6) is 5.75 Å². The van der Waals surface area contributed by atoms with E-state index in [1.807, 2.05) is 30.3 Å². The molecule has 0 saturated heterocycles. The molecule has 3 heteroatoms. The van der Waals surface area contributed by atoms with Gasteiger partial charge in [-0.05, 0) is 18.2 Å². The smallest absolute Gasteiger partial charge is 0.120 e. The lowest BCUT2D eigenvalue weighted by Crippen LogP contribution is -2.12. The quantitative estimate of drug-likeness (QED) is 0.831. The molecule has 0 radical (unpaired) electrons. The summed E-state index contributed by atoms with van der Waals surface area (Å²) in [5.74, 6) is 2.26. The fourth-order valence-corrected chi connectivity index (χ4v) is 1.69. The van der Waals surface area contributed by atoms with Crippen LogP contribution >= 0.6 is 0 Å². The van der Waals surface area contributed by atoms with Crippen molar-refractivity contribution in [3.63, 3.8) is 0 Å². The molecule has 0 bridgehead atoms. The van der Waals surface area contributed by atoms with Crippen molar-refractivity contribution in [1.29, 1.82) is 0 Å². The molecule has 2 N–H and O–H groups in total. The molecule has 0 spiro atoms. The van der Waals surface area contributed by atoms with Crippen LogP contribution in [0.15, 0.2) is 40.8 Å². The van der Waals surface area contributed by atoms with E-state index in [9.17, 15) is 5.11 Å². The average molecular weight is 231 g/mol. The van der Waals surface area contributed by atoms with Gasteiger partial charge in [-0.15, -0.1) is 0 Å². The molecule has 17 heavy (non-hydrogen) atoms. The van der Waals surface area contributed by atoms with Crippen LogP contribution < -0.4 is 5.32 Å². The summed E-state index contributed by atoms with van der Waals surface area (Å²) in [6.07, 6.45) is 0.916. The first-order chi connectivity index (χ1) is 8.29. The van der Waals surface area contributed by atoms with Crippen molar-refractivity contribution in [3.05, 3.63) is 53.5 Å². The summed E-state index contributed by atoms with van der Waals surface area (Å²) in [4.78, 5) is 0. The van der Waals surface area contributed by atoms with Gasteiger partial charge in [0.05, 0.1) is 6.54 Å². The topological polar surface area (TPSA) is 45.4 Å². The highest BCUT2D eigenvalue weighted by atomic mass is 16.3. The second-order valence-corrected chi connectivity index (χ2v) is 3.95. The van der Waals surface area contributed by atoms with Gasteiger partial charge in [0.25, 0.3) is 0 Å². The van der Waals surface area contributed by atoms with E-state index < -0.39 is 0 Å². The Morgan fingerprint density at radius 1 is 1.06 bits per heavy atom. The summed E-state index contributed by atoms with van der Waals surface area (Å²) in [5.41, 5.74) is 0.898. The van der Waals surface area contributed by atoms with Gasteiger partial charge in [0.1, 0.15) is 17.3 Å². The number of phenolic OH excluding ortho intramolecular Hbond substituents is 1. The average Bonchev–Trinajstić information content (AvgIpc) is 2.80. The Labute approximate surface area is 101 Å². The molecule has 1 aromatic carbocycles. The minimum absolute atomic E-state index is 0.327. The van der Waals surface area contributed by atoms with Crippen molar-refractivity contribution in [1.82, 2.24) is 5.32 Å². The Balaban J connectivity index is 1.85. The second kappa shape index (κ2) is 5.55. The van der Waals surface area contributed by atoms with E-state index in [-0.39, 0.29) is 0 Å². The molecular formula is C14H17NO2. The third kappa shape index (κ3) is 3.11. The number of nitrogens with one attached hydrogen (secondary N) is 1. The molecule has 3 nitrogen and oxygen atoms in total. The van der Waals surface area contributed by atoms with Gasteiger partial charge in [-0.3, -0.25) is 0 Å². The number of hydrogen-bond acceptors (Lipinski definition) is 3. The molecule has 1 aromatic heterocycles. The summed E-state index contributed by atoms with van der Waals surface area (Å²) >= 11 is 0. The maximum absolute atomic E-state index is 9.59. The monoisotopic (exact) mass is 231 g/mol. The Hall–Kier alpha value is -1.74. The number of hydrogen-bond donors (Lipinski definition) is 2. The van der Waals surface area contributed by atoms with Gasteiger partial charge in [-0.25, -0.2) is 0 Å².